The van der Waals surface area contributed by atoms with E-state index in [9.17, 15) is 14.7 Å². The van der Waals surface area contributed by atoms with Gasteiger partial charge in [-0.25, -0.2) is 0 Å². The van der Waals surface area contributed by atoms with Gasteiger partial charge in [0.15, 0.2) is 0 Å². The van der Waals surface area contributed by atoms with Crippen LogP contribution >= 0.6 is 0 Å². The van der Waals surface area contributed by atoms with Gasteiger partial charge in [-0.2, -0.15) is 0 Å². The second kappa shape index (κ2) is 5.14. The Morgan fingerprint density at radius 1 is 1.24 bits per heavy atom. The fourth-order valence-electron chi connectivity index (χ4n) is 2.54. The Bertz CT molecular complexity index is 303. The third kappa shape index (κ3) is 2.84. The molecule has 2 rings (SSSR count). The lowest BCUT2D eigenvalue weighted by molar-refractivity contribution is -0.138. The van der Waals surface area contributed by atoms with Crippen LogP contribution in [-0.2, 0) is 9.59 Å². The van der Waals surface area contributed by atoms with E-state index in [1.807, 2.05) is 6.92 Å². The van der Waals surface area contributed by atoms with Crippen molar-refractivity contribution in [2.24, 2.45) is 5.92 Å². The first-order valence-corrected chi connectivity index (χ1v) is 6.31. The predicted molar refractivity (Wildman–Crippen MR) is 62.2 cm³/mol. The van der Waals surface area contributed by atoms with Gasteiger partial charge in [0, 0.05) is 39.0 Å². The summed E-state index contributed by atoms with van der Waals surface area (Å²) in [7, 11) is 0. The molecule has 5 heteroatoms. The summed E-state index contributed by atoms with van der Waals surface area (Å²) < 4.78 is 0. The normalized spacial score (nSPS) is 31.3. The van der Waals surface area contributed by atoms with Gasteiger partial charge in [0.25, 0.3) is 0 Å². The van der Waals surface area contributed by atoms with E-state index in [-0.39, 0.29) is 23.8 Å². The molecule has 0 aromatic rings. The number of imide groups is 1. The van der Waals surface area contributed by atoms with Crippen LogP contribution in [0.2, 0.25) is 0 Å². The van der Waals surface area contributed by atoms with Crippen molar-refractivity contribution in [1.82, 2.24) is 9.80 Å². The molecule has 0 radical (unpaired) electrons. The molecule has 2 atom stereocenters. The van der Waals surface area contributed by atoms with Gasteiger partial charge in [0.2, 0.25) is 11.8 Å². The number of hydrogen-bond donors (Lipinski definition) is 1. The molecule has 2 unspecified atom stereocenters. The van der Waals surface area contributed by atoms with Crippen LogP contribution in [0.15, 0.2) is 0 Å². The summed E-state index contributed by atoms with van der Waals surface area (Å²) in [6.07, 6.45) is 1.31. The Balaban J connectivity index is 1.79. The molecule has 2 aliphatic rings. The molecule has 0 saturated carbocycles. The van der Waals surface area contributed by atoms with Crippen molar-refractivity contribution in [2.75, 3.05) is 26.2 Å². The Morgan fingerprint density at radius 3 is 2.47 bits per heavy atom. The number of carbonyl (C=O) groups is 2. The molecule has 5 nitrogen and oxygen atoms in total. The maximum atomic E-state index is 11.4. The minimum Gasteiger partial charge on any atom is -0.393 e. The standard InChI is InChI=1S/C12H20N2O3/c1-9-8-13(5-4-10(9)15)6-7-14-11(16)2-3-12(14)17/h9-10,15H,2-8H2,1H3. The van der Waals surface area contributed by atoms with E-state index in [0.29, 0.717) is 19.4 Å². The fourth-order valence-corrected chi connectivity index (χ4v) is 2.54. The number of hydrogen-bond acceptors (Lipinski definition) is 4. The van der Waals surface area contributed by atoms with E-state index in [1.54, 1.807) is 0 Å². The third-order valence-electron chi connectivity index (χ3n) is 3.74. The zero-order chi connectivity index (χ0) is 12.4. The summed E-state index contributed by atoms with van der Waals surface area (Å²) in [4.78, 5) is 26.4. The van der Waals surface area contributed by atoms with Gasteiger partial charge >= 0.3 is 0 Å². The van der Waals surface area contributed by atoms with E-state index < -0.39 is 0 Å². The largest absolute Gasteiger partial charge is 0.393 e. The van der Waals surface area contributed by atoms with Crippen LogP contribution in [0.4, 0.5) is 0 Å². The highest BCUT2D eigenvalue weighted by atomic mass is 16.3. The van der Waals surface area contributed by atoms with Gasteiger partial charge in [-0.05, 0) is 12.3 Å². The van der Waals surface area contributed by atoms with Crippen LogP contribution in [0.1, 0.15) is 26.2 Å². The lowest BCUT2D eigenvalue weighted by atomic mass is 9.97. The molecule has 2 amide bonds. The molecular formula is C12H20N2O3. The Morgan fingerprint density at radius 2 is 1.88 bits per heavy atom. The van der Waals surface area contributed by atoms with Crippen molar-refractivity contribution in [3.8, 4) is 0 Å². The molecule has 0 aromatic carbocycles. The van der Waals surface area contributed by atoms with Crippen LogP contribution in [0.5, 0.6) is 0 Å². The second-order valence-corrected chi connectivity index (χ2v) is 5.07. The lowest BCUT2D eigenvalue weighted by Gasteiger charge is -2.34. The monoisotopic (exact) mass is 240 g/mol. The summed E-state index contributed by atoms with van der Waals surface area (Å²) in [5, 5.41) is 9.61. The number of rotatable bonds is 3. The first-order chi connectivity index (χ1) is 8.08. The quantitative estimate of drug-likeness (QED) is 0.696. The van der Waals surface area contributed by atoms with E-state index in [4.69, 9.17) is 0 Å². The molecule has 2 saturated heterocycles. The van der Waals surface area contributed by atoms with Crippen LogP contribution in [0.3, 0.4) is 0 Å². The average Bonchev–Trinajstić information content (AvgIpc) is 2.61. The summed E-state index contributed by atoms with van der Waals surface area (Å²) in [5.41, 5.74) is 0. The molecule has 2 aliphatic heterocycles. The molecule has 2 fully saturated rings. The highest BCUT2D eigenvalue weighted by molar-refractivity contribution is 6.01. The van der Waals surface area contributed by atoms with E-state index in [1.165, 1.54) is 4.90 Å². The fraction of sp³-hybridized carbons (Fsp3) is 0.833. The maximum Gasteiger partial charge on any atom is 0.229 e. The van der Waals surface area contributed by atoms with Crippen molar-refractivity contribution in [2.45, 2.75) is 32.3 Å². The van der Waals surface area contributed by atoms with Crippen molar-refractivity contribution in [3.63, 3.8) is 0 Å². The first kappa shape index (κ1) is 12.5. The molecule has 96 valence electrons. The molecular weight excluding hydrogens is 220 g/mol. The van der Waals surface area contributed by atoms with Crippen LogP contribution < -0.4 is 0 Å². The smallest absolute Gasteiger partial charge is 0.229 e. The summed E-state index contributed by atoms with van der Waals surface area (Å²) in [6, 6.07) is 0. The van der Waals surface area contributed by atoms with Crippen molar-refractivity contribution >= 4 is 11.8 Å². The number of carbonyl (C=O) groups excluding carboxylic acids is 2. The number of amides is 2. The highest BCUT2D eigenvalue weighted by Crippen LogP contribution is 2.17. The van der Waals surface area contributed by atoms with Crippen molar-refractivity contribution in [1.29, 1.82) is 0 Å². The van der Waals surface area contributed by atoms with Gasteiger partial charge in [0.05, 0.1) is 6.10 Å². The Labute approximate surface area is 101 Å². The average molecular weight is 240 g/mol. The number of aliphatic hydroxyl groups excluding tert-OH is 1. The van der Waals surface area contributed by atoms with E-state index in [2.05, 4.69) is 4.90 Å². The SMILES string of the molecule is CC1CN(CCN2C(=O)CCC2=O)CCC1O. The molecule has 0 bridgehead atoms. The number of nitrogens with zero attached hydrogens (tertiary/aromatic N) is 2. The van der Waals surface area contributed by atoms with Gasteiger partial charge in [-0.3, -0.25) is 14.5 Å². The van der Waals surface area contributed by atoms with Crippen molar-refractivity contribution < 1.29 is 14.7 Å². The zero-order valence-corrected chi connectivity index (χ0v) is 10.3. The molecule has 0 spiro atoms. The number of aliphatic hydroxyl groups is 1. The summed E-state index contributed by atoms with van der Waals surface area (Å²) >= 11 is 0. The maximum absolute atomic E-state index is 11.4. The first-order valence-electron chi connectivity index (χ1n) is 6.31. The summed E-state index contributed by atoms with van der Waals surface area (Å²) in [5.74, 6) is 0.189. The van der Waals surface area contributed by atoms with Gasteiger partial charge in [0.1, 0.15) is 0 Å². The minimum absolute atomic E-state index is 0.0416. The molecule has 0 aliphatic carbocycles. The Kier molecular flexibility index (Phi) is 3.79. The second-order valence-electron chi connectivity index (χ2n) is 5.07. The lowest BCUT2D eigenvalue weighted by Crippen LogP contribution is -2.45. The predicted octanol–water partition coefficient (Wildman–Crippen LogP) is -0.162. The third-order valence-corrected chi connectivity index (χ3v) is 3.74. The molecule has 2 heterocycles. The Hall–Kier alpha value is -0.940. The molecule has 1 N–H and O–H groups in total. The minimum atomic E-state index is -0.207. The number of piperidine rings is 1. The van der Waals surface area contributed by atoms with E-state index >= 15 is 0 Å². The zero-order valence-electron chi connectivity index (χ0n) is 10.3. The topological polar surface area (TPSA) is 60.9 Å². The number of likely N-dealkylation sites (tertiary alicyclic amines) is 2. The molecule has 0 aromatic heterocycles. The summed E-state index contributed by atoms with van der Waals surface area (Å²) in [6.45, 7) is 4.96. The van der Waals surface area contributed by atoms with Crippen LogP contribution in [0.25, 0.3) is 0 Å². The van der Waals surface area contributed by atoms with Crippen molar-refractivity contribution in [3.05, 3.63) is 0 Å². The van der Waals surface area contributed by atoms with Crippen LogP contribution in [-0.4, -0.2) is 59.0 Å². The van der Waals surface area contributed by atoms with Crippen LogP contribution in [0, 0.1) is 5.92 Å². The van der Waals surface area contributed by atoms with Gasteiger partial charge < -0.3 is 10.0 Å². The van der Waals surface area contributed by atoms with E-state index in [0.717, 1.165) is 26.1 Å². The highest BCUT2D eigenvalue weighted by Gasteiger charge is 2.30. The van der Waals surface area contributed by atoms with Gasteiger partial charge in [-0.1, -0.05) is 6.92 Å². The van der Waals surface area contributed by atoms with Gasteiger partial charge in [-0.15, -0.1) is 0 Å². The molecule has 17 heavy (non-hydrogen) atoms.